The molecule has 0 radical (unpaired) electrons. The van der Waals surface area contributed by atoms with E-state index in [9.17, 15) is 43.2 Å². The Balaban J connectivity index is 5.22. The summed E-state index contributed by atoms with van der Waals surface area (Å²) in [6, 6.07) is 0. The van der Waals surface area contributed by atoms with Crippen molar-refractivity contribution < 1.29 is 80.2 Å². The molecule has 0 saturated carbocycles. The van der Waals surface area contributed by atoms with Crippen LogP contribution in [0.15, 0.2) is 0 Å². The van der Waals surface area contributed by atoms with Crippen LogP contribution < -0.4 is 0 Å². The summed E-state index contributed by atoms with van der Waals surface area (Å²) in [5, 5.41) is 10.6. The third-order valence-corrected chi connectivity index (χ3v) is 19.8. The van der Waals surface area contributed by atoms with Gasteiger partial charge in [-0.2, -0.15) is 0 Å². The van der Waals surface area contributed by atoms with Gasteiger partial charge in [-0.15, -0.1) is 0 Å². The van der Waals surface area contributed by atoms with E-state index in [2.05, 4.69) is 48.5 Å². The lowest BCUT2D eigenvalue weighted by atomic mass is 10.0. The van der Waals surface area contributed by atoms with E-state index in [1.165, 1.54) is 199 Å². The van der Waals surface area contributed by atoms with Gasteiger partial charge >= 0.3 is 39.5 Å². The maximum Gasteiger partial charge on any atom is 0.472 e. The van der Waals surface area contributed by atoms with Gasteiger partial charge in [-0.25, -0.2) is 9.13 Å². The Morgan fingerprint density at radius 1 is 0.281 bits per heavy atom. The zero-order valence-corrected chi connectivity index (χ0v) is 64.6. The number of hydrogen-bond acceptors (Lipinski definition) is 15. The fourth-order valence-electron chi connectivity index (χ4n) is 11.8. The van der Waals surface area contributed by atoms with E-state index in [1.807, 2.05) is 0 Å². The third kappa shape index (κ3) is 70.5. The lowest BCUT2D eigenvalue weighted by Gasteiger charge is -2.21. The molecule has 570 valence electrons. The quantitative estimate of drug-likeness (QED) is 0.0222. The minimum Gasteiger partial charge on any atom is -0.462 e. The van der Waals surface area contributed by atoms with Gasteiger partial charge in [0.1, 0.15) is 19.3 Å². The molecule has 0 aromatic heterocycles. The molecule has 0 aromatic carbocycles. The molecule has 0 aliphatic carbocycles. The average Bonchev–Trinajstić information content (AvgIpc) is 1.09. The van der Waals surface area contributed by atoms with Gasteiger partial charge in [0.05, 0.1) is 26.4 Å². The first-order chi connectivity index (χ1) is 46.2. The SMILES string of the molecule is CCCCCCCCCCCCCCCCCCCCCCC(=O)O[C@H](COC(=O)CCCCCCCCCCCCCC(C)C)COP(=O)(O)OC[C@@H](O)COP(=O)(O)OC[C@@H](COC(=O)CCCCCCCCCC(C)C)OC(=O)CCCCCCCCCCCC(C)C. The monoisotopic (exact) mass is 1410 g/mol. The molecule has 0 spiro atoms. The van der Waals surface area contributed by atoms with Crippen LogP contribution >= 0.6 is 15.6 Å². The van der Waals surface area contributed by atoms with Crippen molar-refractivity contribution in [2.24, 2.45) is 17.8 Å². The molecular weight excluding hydrogens is 1260 g/mol. The van der Waals surface area contributed by atoms with Crippen LogP contribution in [0.3, 0.4) is 0 Å². The van der Waals surface area contributed by atoms with E-state index < -0.39 is 97.5 Å². The van der Waals surface area contributed by atoms with Crippen molar-refractivity contribution >= 4 is 39.5 Å². The smallest absolute Gasteiger partial charge is 0.462 e. The normalized spacial score (nSPS) is 14.1. The van der Waals surface area contributed by atoms with Crippen LogP contribution in [0, 0.1) is 17.8 Å². The molecule has 19 heteroatoms. The highest BCUT2D eigenvalue weighted by atomic mass is 31.2. The summed E-state index contributed by atoms with van der Waals surface area (Å²) in [7, 11) is -9.91. The number of unbranched alkanes of at least 4 members (excludes halogenated alkanes) is 43. The van der Waals surface area contributed by atoms with E-state index in [4.69, 9.17) is 37.0 Å². The molecule has 17 nitrogen and oxygen atoms in total. The Morgan fingerprint density at radius 2 is 0.479 bits per heavy atom. The number of phosphoric ester groups is 2. The highest BCUT2D eigenvalue weighted by molar-refractivity contribution is 7.47. The van der Waals surface area contributed by atoms with E-state index >= 15 is 0 Å². The number of carbonyl (C=O) groups excluding carboxylic acids is 4. The Morgan fingerprint density at radius 3 is 0.708 bits per heavy atom. The van der Waals surface area contributed by atoms with Gasteiger partial charge in [-0.3, -0.25) is 37.3 Å². The molecule has 0 amide bonds. The molecule has 0 aliphatic rings. The van der Waals surface area contributed by atoms with Gasteiger partial charge in [0.2, 0.25) is 0 Å². The van der Waals surface area contributed by atoms with Crippen LogP contribution in [0.5, 0.6) is 0 Å². The van der Waals surface area contributed by atoms with Crippen molar-refractivity contribution in [1.82, 2.24) is 0 Å². The number of rotatable bonds is 75. The van der Waals surface area contributed by atoms with Gasteiger partial charge in [0, 0.05) is 25.7 Å². The Kier molecular flexibility index (Phi) is 66.2. The number of esters is 4. The van der Waals surface area contributed by atoms with E-state index in [-0.39, 0.29) is 25.7 Å². The summed E-state index contributed by atoms with van der Waals surface area (Å²) in [5.74, 6) is 0.0934. The van der Waals surface area contributed by atoms with Crippen LogP contribution in [0.1, 0.15) is 395 Å². The van der Waals surface area contributed by atoms with Crippen molar-refractivity contribution in [3.8, 4) is 0 Å². The van der Waals surface area contributed by atoms with Crippen molar-refractivity contribution in [2.45, 2.75) is 414 Å². The highest BCUT2D eigenvalue weighted by Crippen LogP contribution is 2.45. The molecule has 5 atom stereocenters. The molecule has 0 aliphatic heterocycles. The maximum atomic E-state index is 13.1. The van der Waals surface area contributed by atoms with Gasteiger partial charge in [-0.1, -0.05) is 344 Å². The summed E-state index contributed by atoms with van der Waals surface area (Å²) in [6.07, 6.45) is 54.3. The fraction of sp³-hybridized carbons (Fsp3) is 0.948. The van der Waals surface area contributed by atoms with Crippen molar-refractivity contribution in [2.75, 3.05) is 39.6 Å². The molecule has 3 N–H and O–H groups in total. The molecule has 0 aromatic rings. The van der Waals surface area contributed by atoms with Crippen molar-refractivity contribution in [3.05, 3.63) is 0 Å². The summed E-state index contributed by atoms with van der Waals surface area (Å²) in [6.45, 7) is 11.8. The van der Waals surface area contributed by atoms with Crippen molar-refractivity contribution in [3.63, 3.8) is 0 Å². The van der Waals surface area contributed by atoms with Crippen LogP contribution in [0.25, 0.3) is 0 Å². The minimum atomic E-state index is -4.96. The first-order valence-corrected chi connectivity index (χ1v) is 42.8. The van der Waals surface area contributed by atoms with Crippen LogP contribution in [0.2, 0.25) is 0 Å². The number of aliphatic hydroxyl groups is 1. The molecule has 96 heavy (non-hydrogen) atoms. The molecule has 0 bridgehead atoms. The lowest BCUT2D eigenvalue weighted by Crippen LogP contribution is -2.30. The van der Waals surface area contributed by atoms with E-state index in [0.717, 1.165) is 108 Å². The lowest BCUT2D eigenvalue weighted by molar-refractivity contribution is -0.161. The van der Waals surface area contributed by atoms with Gasteiger partial charge < -0.3 is 33.8 Å². The zero-order chi connectivity index (χ0) is 70.9. The molecule has 2 unspecified atom stereocenters. The second-order valence-corrected chi connectivity index (χ2v) is 32.1. The third-order valence-electron chi connectivity index (χ3n) is 17.9. The summed E-state index contributed by atoms with van der Waals surface area (Å²) < 4.78 is 68.5. The number of carbonyl (C=O) groups is 4. The van der Waals surface area contributed by atoms with E-state index in [1.54, 1.807) is 0 Å². The van der Waals surface area contributed by atoms with Gasteiger partial charge in [0.15, 0.2) is 12.2 Å². The minimum absolute atomic E-state index is 0.104. The van der Waals surface area contributed by atoms with Crippen LogP contribution in [-0.4, -0.2) is 96.7 Å². The molecule has 0 heterocycles. The summed E-state index contributed by atoms with van der Waals surface area (Å²) in [4.78, 5) is 72.8. The van der Waals surface area contributed by atoms with E-state index in [0.29, 0.717) is 31.6 Å². The predicted molar refractivity (Wildman–Crippen MR) is 391 cm³/mol. The number of phosphoric acid groups is 2. The molecule has 0 saturated heterocycles. The highest BCUT2D eigenvalue weighted by Gasteiger charge is 2.30. The number of hydrogen-bond donors (Lipinski definition) is 3. The van der Waals surface area contributed by atoms with Crippen molar-refractivity contribution in [1.29, 1.82) is 0 Å². The second kappa shape index (κ2) is 67.5. The van der Waals surface area contributed by atoms with Gasteiger partial charge in [0.25, 0.3) is 0 Å². The Bertz CT molecular complexity index is 1870. The Hall–Kier alpha value is -1.94. The fourth-order valence-corrected chi connectivity index (χ4v) is 13.4. The van der Waals surface area contributed by atoms with Crippen LogP contribution in [0.4, 0.5) is 0 Å². The first-order valence-electron chi connectivity index (χ1n) is 39.8. The average molecular weight is 1410 g/mol. The zero-order valence-electron chi connectivity index (χ0n) is 62.8. The second-order valence-electron chi connectivity index (χ2n) is 29.2. The topological polar surface area (TPSA) is 237 Å². The Labute approximate surface area is 588 Å². The standard InChI is InChI=1S/C77H150O17P2/c1-8-9-10-11-12-13-14-15-16-17-18-19-20-21-22-25-31-38-46-53-60-76(81)93-72(64-87-74(79)58-51-44-37-30-26-23-24-28-34-41-48-55-68(2)3)66-91-95(83,84)89-62-71(78)63-90-96(85,86)92-67-73(65-88-75(80)59-52-45-40-33-36-43-50-57-70(6)7)94-77(82)61-54-47-39-32-27-29-35-42-49-56-69(4)5/h68-73,78H,8-67H2,1-7H3,(H,83,84)(H,85,86)/t71-,72-,73-/m1/s1. The van der Waals surface area contributed by atoms with Gasteiger partial charge in [-0.05, 0) is 43.4 Å². The van der Waals surface area contributed by atoms with Crippen LogP contribution in [-0.2, 0) is 65.4 Å². The first kappa shape index (κ1) is 94.1. The molecule has 0 fully saturated rings. The number of ether oxygens (including phenoxy) is 4. The summed E-state index contributed by atoms with van der Waals surface area (Å²) >= 11 is 0. The summed E-state index contributed by atoms with van der Waals surface area (Å²) in [5.41, 5.74) is 0. The predicted octanol–water partition coefficient (Wildman–Crippen LogP) is 22.6. The largest absolute Gasteiger partial charge is 0.472 e. The molecular formula is C77H150O17P2. The molecule has 0 rings (SSSR count). The number of aliphatic hydroxyl groups excluding tert-OH is 1. The maximum absolute atomic E-state index is 13.1.